The molecule has 0 radical (unpaired) electrons. The van der Waals surface area contributed by atoms with Gasteiger partial charge in [0.2, 0.25) is 0 Å². The largest absolute Gasteiger partial charge is 0.310 e. The fourth-order valence-corrected chi connectivity index (χ4v) is 15.9. The van der Waals surface area contributed by atoms with Crippen LogP contribution in [0.1, 0.15) is 47.2 Å². The molecule has 2 aliphatic carbocycles. The van der Waals surface area contributed by atoms with Gasteiger partial charge in [0.1, 0.15) is 0 Å². The molecule has 0 unspecified atom stereocenters. The number of hydrogen-bond donors (Lipinski definition) is 0. The van der Waals surface area contributed by atoms with E-state index in [0.29, 0.717) is 0 Å². The maximum atomic E-state index is 2.43. The molecule has 0 N–H and O–H groups in total. The first-order chi connectivity index (χ1) is 38.4. The zero-order chi connectivity index (χ0) is 51.7. The zero-order valence-corrected chi connectivity index (χ0v) is 44.7. The summed E-state index contributed by atoms with van der Waals surface area (Å²) < 4.78 is 5.16. The third-order valence-corrected chi connectivity index (χ3v) is 19.6. The van der Waals surface area contributed by atoms with Gasteiger partial charge in [-0.05, 0) is 177 Å². The second-order valence-electron chi connectivity index (χ2n) is 21.5. The molecule has 368 valence electrons. The Kier molecular flexibility index (Phi) is 9.97. The molecule has 0 aliphatic heterocycles. The van der Waals surface area contributed by atoms with Crippen LogP contribution in [0.4, 0.5) is 34.1 Å². The molecule has 2 nitrogen and oxygen atoms in total. The number of rotatable bonds is 8. The van der Waals surface area contributed by atoms with E-state index in [0.717, 1.165) is 34.1 Å². The summed E-state index contributed by atoms with van der Waals surface area (Å²) >= 11 is 3.78. The fraction of sp³-hybridized carbons (Fsp3) is 0.0541. The van der Waals surface area contributed by atoms with Crippen molar-refractivity contribution < 1.29 is 0 Å². The zero-order valence-electron chi connectivity index (χ0n) is 43.1. The average Bonchev–Trinajstić information content (AvgIpc) is 4.39. The predicted molar refractivity (Wildman–Crippen MR) is 334 cm³/mol. The Morgan fingerprint density at radius 1 is 0.256 bits per heavy atom. The van der Waals surface area contributed by atoms with Crippen LogP contribution < -0.4 is 9.80 Å². The van der Waals surface area contributed by atoms with Crippen molar-refractivity contribution in [2.24, 2.45) is 0 Å². The molecular formula is C74H50N2S2. The van der Waals surface area contributed by atoms with Gasteiger partial charge in [0, 0.05) is 85.3 Å². The molecule has 0 fully saturated rings. The first-order valence-electron chi connectivity index (χ1n) is 27.0. The third kappa shape index (κ3) is 6.67. The predicted octanol–water partition coefficient (Wildman–Crippen LogP) is 21.2. The molecule has 0 amide bonds. The first kappa shape index (κ1) is 45.2. The maximum absolute atomic E-state index is 2.43. The van der Waals surface area contributed by atoms with Crippen molar-refractivity contribution in [3.05, 3.63) is 300 Å². The smallest absolute Gasteiger partial charge is 0.0476 e. The van der Waals surface area contributed by atoms with Crippen molar-refractivity contribution in [1.82, 2.24) is 0 Å². The van der Waals surface area contributed by atoms with Gasteiger partial charge in [-0.15, -0.1) is 22.7 Å². The average molecular weight is 1030 g/mol. The second-order valence-corrected chi connectivity index (χ2v) is 23.7. The highest BCUT2D eigenvalue weighted by atomic mass is 32.1. The van der Waals surface area contributed by atoms with Gasteiger partial charge in [-0.25, -0.2) is 0 Å². The van der Waals surface area contributed by atoms with Gasteiger partial charge >= 0.3 is 0 Å². The normalized spacial score (nSPS) is 13.7. The van der Waals surface area contributed by atoms with Gasteiger partial charge in [0.05, 0.1) is 0 Å². The van der Waals surface area contributed by atoms with E-state index in [4.69, 9.17) is 0 Å². The molecule has 0 saturated carbocycles. The molecule has 2 aliphatic rings. The third-order valence-electron chi connectivity index (χ3n) is 17.3. The topological polar surface area (TPSA) is 6.48 Å². The molecule has 16 rings (SSSR count). The van der Waals surface area contributed by atoms with Crippen molar-refractivity contribution >= 4 is 108 Å². The monoisotopic (exact) mass is 1030 g/mol. The van der Waals surface area contributed by atoms with E-state index < -0.39 is 0 Å². The molecule has 78 heavy (non-hydrogen) atoms. The minimum absolute atomic E-state index is 0.291. The Balaban J connectivity index is 0.769. The lowest BCUT2D eigenvalue weighted by molar-refractivity contribution is 0.714. The van der Waals surface area contributed by atoms with E-state index in [1.165, 1.54) is 107 Å². The van der Waals surface area contributed by atoms with Crippen LogP contribution >= 0.6 is 22.7 Å². The number of fused-ring (bicyclic) bond motifs is 13. The van der Waals surface area contributed by atoms with Crippen molar-refractivity contribution in [3.8, 4) is 22.3 Å². The highest BCUT2D eigenvalue weighted by molar-refractivity contribution is 7.26. The molecule has 0 saturated heterocycles. The van der Waals surface area contributed by atoms with Gasteiger partial charge in [-0.1, -0.05) is 170 Å². The summed E-state index contributed by atoms with van der Waals surface area (Å²) in [5.41, 5.74) is 19.5. The lowest BCUT2D eigenvalue weighted by Crippen LogP contribution is -2.23. The number of anilines is 6. The quantitative estimate of drug-likeness (QED) is 0.150. The van der Waals surface area contributed by atoms with Gasteiger partial charge in [0.25, 0.3) is 0 Å². The van der Waals surface area contributed by atoms with E-state index in [-0.39, 0.29) is 10.8 Å². The minimum atomic E-state index is -0.291. The number of thiophene rings is 2. The summed E-state index contributed by atoms with van der Waals surface area (Å²) in [4.78, 5) is 4.85. The molecule has 0 spiro atoms. The van der Waals surface area contributed by atoms with Crippen LogP contribution in [0, 0.1) is 0 Å². The molecule has 4 heteroatoms. The van der Waals surface area contributed by atoms with Gasteiger partial charge in [0.15, 0.2) is 0 Å². The Morgan fingerprint density at radius 2 is 0.577 bits per heavy atom. The van der Waals surface area contributed by atoms with Crippen molar-refractivity contribution in [3.63, 3.8) is 0 Å². The molecular weight excluding hydrogens is 981 g/mol. The van der Waals surface area contributed by atoms with E-state index in [9.17, 15) is 0 Å². The summed E-state index contributed by atoms with van der Waals surface area (Å²) in [6, 6.07) is 99.7. The van der Waals surface area contributed by atoms with Crippen LogP contribution in [-0.2, 0) is 10.8 Å². The fourth-order valence-electron chi connectivity index (χ4n) is 13.5. The van der Waals surface area contributed by atoms with E-state index in [2.05, 4.69) is 291 Å². The van der Waals surface area contributed by atoms with Crippen LogP contribution in [0.15, 0.2) is 267 Å². The highest BCUT2D eigenvalue weighted by Gasteiger charge is 2.42. The molecule has 14 aromatic rings. The summed E-state index contributed by atoms with van der Waals surface area (Å²) in [5, 5.41) is 7.71. The minimum Gasteiger partial charge on any atom is -0.310 e. The summed E-state index contributed by atoms with van der Waals surface area (Å²) in [6.07, 6.45) is 0. The number of nitrogens with zero attached hydrogens (tertiary/aromatic N) is 2. The lowest BCUT2D eigenvalue weighted by Gasteiger charge is -2.31. The Labute approximate surface area is 462 Å². The van der Waals surface area contributed by atoms with Gasteiger partial charge in [-0.3, -0.25) is 0 Å². The van der Waals surface area contributed by atoms with E-state index in [1.54, 1.807) is 0 Å². The molecule has 12 aromatic carbocycles. The van der Waals surface area contributed by atoms with Gasteiger partial charge < -0.3 is 9.80 Å². The van der Waals surface area contributed by atoms with E-state index in [1.807, 2.05) is 22.7 Å². The number of hydrogen-bond acceptors (Lipinski definition) is 4. The number of benzene rings is 12. The SMILES string of the molecule is CC1(c2cccc(N(c3ccccc3)c3ccc4c(c3)sc3cc5cc6sc7cc(N(c8ccccc8)c8cccc(C9(C)c%10ccccc%10-c%10ccccc%109)c8)ccc7c6cc5cc34)c2)c2ccccc2-c2ccccc21. The second kappa shape index (κ2) is 17.2. The number of para-hydroxylation sites is 2. The van der Waals surface area contributed by atoms with Crippen molar-refractivity contribution in [1.29, 1.82) is 0 Å². The van der Waals surface area contributed by atoms with Crippen molar-refractivity contribution in [2.45, 2.75) is 24.7 Å². The van der Waals surface area contributed by atoms with E-state index >= 15 is 0 Å². The summed E-state index contributed by atoms with van der Waals surface area (Å²) in [6.45, 7) is 4.80. The van der Waals surface area contributed by atoms with Crippen LogP contribution in [0.5, 0.6) is 0 Å². The summed E-state index contributed by atoms with van der Waals surface area (Å²) in [7, 11) is 0. The molecule has 2 aromatic heterocycles. The van der Waals surface area contributed by atoms with Gasteiger partial charge in [-0.2, -0.15) is 0 Å². The van der Waals surface area contributed by atoms with Crippen LogP contribution in [-0.4, -0.2) is 0 Å². The maximum Gasteiger partial charge on any atom is 0.0476 e. The first-order valence-corrected chi connectivity index (χ1v) is 28.6. The molecule has 2 heterocycles. The van der Waals surface area contributed by atoms with Crippen LogP contribution in [0.25, 0.3) is 73.4 Å². The Bertz CT molecular complexity index is 4350. The standard InChI is InChI=1S/C74H50N2S2/c1-73(65-31-13-9-27-57(65)58-28-10-14-32-66(58)73)49-19-17-25-53(43-49)75(51-21-5-3-6-22-51)55-35-37-61-63-39-47-40-64-62-38-36-56(46-72(62)78-70(64)42-48(47)41-69(63)77-71(61)45-55)76(52-23-7-4-8-24-52)54-26-18-20-50(44-54)74(2)67-33-15-11-29-59(67)60-30-12-16-34-68(60)74/h3-46H,1-2H3. The molecule has 0 bridgehead atoms. The Morgan fingerprint density at radius 3 is 0.974 bits per heavy atom. The summed E-state index contributed by atoms with van der Waals surface area (Å²) in [5.74, 6) is 0. The van der Waals surface area contributed by atoms with Crippen molar-refractivity contribution in [2.75, 3.05) is 9.80 Å². The highest BCUT2D eigenvalue weighted by Crippen LogP contribution is 2.55. The molecule has 0 atom stereocenters. The van der Waals surface area contributed by atoms with Crippen LogP contribution in [0.3, 0.4) is 0 Å². The lowest BCUT2D eigenvalue weighted by atomic mass is 9.74. The van der Waals surface area contributed by atoms with Crippen LogP contribution in [0.2, 0.25) is 0 Å². The Hall–Kier alpha value is -9.06.